The second-order valence-electron chi connectivity index (χ2n) is 6.18. The first-order valence-corrected chi connectivity index (χ1v) is 8.73. The molecule has 2 aromatic carbocycles. The third-order valence-electron chi connectivity index (χ3n) is 4.36. The number of hydrogen-bond acceptors (Lipinski definition) is 4. The Balaban J connectivity index is 2.14. The van der Waals surface area contributed by atoms with E-state index in [9.17, 15) is 9.59 Å². The first-order chi connectivity index (χ1) is 13.0. The molecule has 1 aliphatic heterocycles. The van der Waals surface area contributed by atoms with Gasteiger partial charge in [-0.15, -0.1) is 0 Å². The molecule has 1 heterocycles. The van der Waals surface area contributed by atoms with Crippen LogP contribution in [0, 0.1) is 6.92 Å². The predicted molar refractivity (Wildman–Crippen MR) is 102 cm³/mol. The zero-order valence-electron chi connectivity index (χ0n) is 15.5. The Morgan fingerprint density at radius 2 is 1.74 bits per heavy atom. The van der Waals surface area contributed by atoms with Crippen molar-refractivity contribution in [3.05, 3.63) is 70.8 Å². The molecule has 0 aromatic heterocycles. The van der Waals surface area contributed by atoms with Crippen molar-refractivity contribution in [2.45, 2.75) is 19.9 Å². The number of urea groups is 1. The molecular formula is C21H22N2O4. The fraction of sp³-hybridized carbons (Fsp3) is 0.238. The third-order valence-corrected chi connectivity index (χ3v) is 4.36. The highest BCUT2D eigenvalue weighted by atomic mass is 16.5. The van der Waals surface area contributed by atoms with Gasteiger partial charge in [0.25, 0.3) is 0 Å². The quantitative estimate of drug-likeness (QED) is 0.796. The van der Waals surface area contributed by atoms with Gasteiger partial charge in [0.05, 0.1) is 31.0 Å². The topological polar surface area (TPSA) is 76.7 Å². The van der Waals surface area contributed by atoms with Crippen molar-refractivity contribution in [1.82, 2.24) is 10.6 Å². The molecule has 0 aliphatic carbocycles. The summed E-state index contributed by atoms with van der Waals surface area (Å²) in [5.74, 6) is 0.216. The third kappa shape index (κ3) is 3.95. The van der Waals surface area contributed by atoms with E-state index in [1.165, 1.54) is 0 Å². The average Bonchev–Trinajstić information content (AvgIpc) is 2.68. The zero-order valence-corrected chi connectivity index (χ0v) is 15.5. The van der Waals surface area contributed by atoms with Crippen molar-refractivity contribution < 1.29 is 19.1 Å². The summed E-state index contributed by atoms with van der Waals surface area (Å²) in [5.41, 5.74) is 3.40. The number of nitrogens with one attached hydrogen (secondary N) is 2. The van der Waals surface area contributed by atoms with E-state index in [1.54, 1.807) is 38.3 Å². The molecular weight excluding hydrogens is 344 g/mol. The fourth-order valence-corrected chi connectivity index (χ4v) is 2.99. The van der Waals surface area contributed by atoms with Gasteiger partial charge in [-0.3, -0.25) is 0 Å². The molecule has 2 N–H and O–H groups in total. The molecule has 0 fully saturated rings. The Kier molecular flexibility index (Phi) is 5.45. The summed E-state index contributed by atoms with van der Waals surface area (Å²) in [4.78, 5) is 25.1. The predicted octanol–water partition coefficient (Wildman–Crippen LogP) is 3.33. The van der Waals surface area contributed by atoms with Crippen LogP contribution in [0.4, 0.5) is 4.79 Å². The number of rotatable bonds is 5. The van der Waals surface area contributed by atoms with Crippen LogP contribution >= 0.6 is 0 Å². The van der Waals surface area contributed by atoms with Crippen molar-refractivity contribution in [1.29, 1.82) is 0 Å². The monoisotopic (exact) mass is 366 g/mol. The Bertz CT molecular complexity index is 870. The highest BCUT2D eigenvalue weighted by Gasteiger charge is 2.34. The Hall–Kier alpha value is -3.28. The fourth-order valence-electron chi connectivity index (χ4n) is 2.99. The van der Waals surface area contributed by atoms with Gasteiger partial charge >= 0.3 is 12.0 Å². The van der Waals surface area contributed by atoms with Crippen LogP contribution in [0.15, 0.2) is 54.1 Å². The number of benzene rings is 2. The van der Waals surface area contributed by atoms with Gasteiger partial charge in [-0.25, -0.2) is 9.59 Å². The van der Waals surface area contributed by atoms with Crippen LogP contribution < -0.4 is 15.4 Å². The van der Waals surface area contributed by atoms with E-state index < -0.39 is 12.0 Å². The number of methoxy groups -OCH3 is 1. The molecule has 0 bridgehead atoms. The minimum Gasteiger partial charge on any atom is -0.497 e. The van der Waals surface area contributed by atoms with E-state index in [-0.39, 0.29) is 12.6 Å². The standard InChI is InChI=1S/C21H22N2O4/c1-4-27-20(24)17-18(14-7-5-13(2)6-8-14)22-21(25)23-19(17)15-9-11-16(26-3)12-10-15/h5-12,18H,4H2,1-3H3,(H2,22,23,25)/t18-/m0/s1. The van der Waals surface area contributed by atoms with Crippen LogP contribution in [0.25, 0.3) is 5.70 Å². The summed E-state index contributed by atoms with van der Waals surface area (Å²) < 4.78 is 10.5. The van der Waals surface area contributed by atoms with Crippen molar-refractivity contribution in [3.63, 3.8) is 0 Å². The summed E-state index contributed by atoms with van der Waals surface area (Å²) >= 11 is 0. The molecule has 2 amide bonds. The normalized spacial score (nSPS) is 16.4. The lowest BCUT2D eigenvalue weighted by molar-refractivity contribution is -0.138. The van der Waals surface area contributed by atoms with Crippen LogP contribution in [0.5, 0.6) is 5.75 Å². The van der Waals surface area contributed by atoms with Gasteiger partial charge in [-0.1, -0.05) is 29.8 Å². The van der Waals surface area contributed by atoms with Crippen molar-refractivity contribution in [2.75, 3.05) is 13.7 Å². The largest absolute Gasteiger partial charge is 0.497 e. The Morgan fingerprint density at radius 3 is 2.33 bits per heavy atom. The number of hydrogen-bond donors (Lipinski definition) is 2. The number of esters is 1. The summed E-state index contributed by atoms with van der Waals surface area (Å²) in [7, 11) is 1.58. The maximum absolute atomic E-state index is 12.8. The van der Waals surface area contributed by atoms with Gasteiger partial charge < -0.3 is 20.1 Å². The summed E-state index contributed by atoms with van der Waals surface area (Å²) in [6.07, 6.45) is 0. The molecule has 3 rings (SSSR count). The molecule has 0 saturated heterocycles. The van der Waals surface area contributed by atoms with Gasteiger partial charge in [-0.05, 0) is 49.2 Å². The van der Waals surface area contributed by atoms with E-state index in [4.69, 9.17) is 9.47 Å². The van der Waals surface area contributed by atoms with Crippen LogP contribution in [-0.2, 0) is 9.53 Å². The lowest BCUT2D eigenvalue weighted by Crippen LogP contribution is -2.45. The second kappa shape index (κ2) is 7.95. The Morgan fingerprint density at radius 1 is 1.07 bits per heavy atom. The van der Waals surface area contributed by atoms with Crippen LogP contribution in [0.3, 0.4) is 0 Å². The SMILES string of the molecule is CCOC(=O)C1=C(c2ccc(OC)cc2)NC(=O)N[C@H]1c1ccc(C)cc1. The Labute approximate surface area is 158 Å². The van der Waals surface area contributed by atoms with Crippen LogP contribution in [0.2, 0.25) is 0 Å². The van der Waals surface area contributed by atoms with E-state index in [1.807, 2.05) is 31.2 Å². The molecule has 27 heavy (non-hydrogen) atoms. The maximum Gasteiger partial charge on any atom is 0.338 e. The van der Waals surface area contributed by atoms with Gasteiger partial charge in [0.1, 0.15) is 5.75 Å². The second-order valence-corrected chi connectivity index (χ2v) is 6.18. The lowest BCUT2D eigenvalue weighted by Gasteiger charge is -2.29. The summed E-state index contributed by atoms with van der Waals surface area (Å²) in [6, 6.07) is 13.9. The van der Waals surface area contributed by atoms with Crippen LogP contribution in [0.1, 0.15) is 29.7 Å². The molecule has 140 valence electrons. The van der Waals surface area contributed by atoms with Gasteiger partial charge in [0.2, 0.25) is 0 Å². The van der Waals surface area contributed by atoms with Gasteiger partial charge in [0, 0.05) is 0 Å². The smallest absolute Gasteiger partial charge is 0.338 e. The molecule has 1 atom stereocenters. The first kappa shape index (κ1) is 18.5. The number of carbonyl (C=O) groups is 2. The lowest BCUT2D eigenvalue weighted by atomic mass is 9.92. The van der Waals surface area contributed by atoms with E-state index in [0.29, 0.717) is 22.6 Å². The van der Waals surface area contributed by atoms with Crippen LogP contribution in [-0.4, -0.2) is 25.7 Å². The van der Waals surface area contributed by atoms with E-state index in [0.717, 1.165) is 11.1 Å². The van der Waals surface area contributed by atoms with Gasteiger partial charge in [0.15, 0.2) is 0 Å². The average molecular weight is 366 g/mol. The summed E-state index contributed by atoms with van der Waals surface area (Å²) in [5, 5.41) is 5.59. The molecule has 0 unspecified atom stereocenters. The molecule has 0 spiro atoms. The number of aryl methyl sites for hydroxylation is 1. The number of ether oxygens (including phenoxy) is 2. The molecule has 6 heteroatoms. The molecule has 2 aromatic rings. The van der Waals surface area contributed by atoms with E-state index >= 15 is 0 Å². The van der Waals surface area contributed by atoms with Crippen molar-refractivity contribution >= 4 is 17.7 Å². The number of carbonyl (C=O) groups excluding carboxylic acids is 2. The van der Waals surface area contributed by atoms with Gasteiger partial charge in [-0.2, -0.15) is 0 Å². The van der Waals surface area contributed by atoms with E-state index in [2.05, 4.69) is 10.6 Å². The summed E-state index contributed by atoms with van der Waals surface area (Å²) in [6.45, 7) is 3.98. The highest BCUT2D eigenvalue weighted by Crippen LogP contribution is 2.32. The molecule has 0 saturated carbocycles. The maximum atomic E-state index is 12.8. The van der Waals surface area contributed by atoms with Crippen molar-refractivity contribution in [2.24, 2.45) is 0 Å². The minimum atomic E-state index is -0.601. The molecule has 6 nitrogen and oxygen atoms in total. The zero-order chi connectivity index (χ0) is 19.4. The molecule has 0 radical (unpaired) electrons. The first-order valence-electron chi connectivity index (χ1n) is 8.73. The highest BCUT2D eigenvalue weighted by molar-refractivity contribution is 6.04. The molecule has 1 aliphatic rings. The van der Waals surface area contributed by atoms with Crippen molar-refractivity contribution in [3.8, 4) is 5.75 Å². The minimum absolute atomic E-state index is 0.243. The number of amides is 2.